The van der Waals surface area contributed by atoms with Gasteiger partial charge in [-0.25, -0.2) is 0 Å². The van der Waals surface area contributed by atoms with Crippen LogP contribution in [0.3, 0.4) is 0 Å². The quantitative estimate of drug-likeness (QED) is 0.587. The zero-order chi connectivity index (χ0) is 9.90. The van der Waals surface area contributed by atoms with E-state index in [1.54, 1.807) is 14.2 Å². The van der Waals surface area contributed by atoms with E-state index in [0.717, 1.165) is 0 Å². The zero-order valence-corrected chi connectivity index (χ0v) is 8.00. The third-order valence-electron chi connectivity index (χ3n) is 2.63. The molecule has 76 valence electrons. The fourth-order valence-corrected chi connectivity index (χ4v) is 1.69. The normalized spacial score (nSPS) is 34.5. The second-order valence-corrected chi connectivity index (χ2v) is 3.13. The summed E-state index contributed by atoms with van der Waals surface area (Å²) in [4.78, 5) is 11.3. The van der Waals surface area contributed by atoms with Crippen LogP contribution in [0.4, 0.5) is 0 Å². The summed E-state index contributed by atoms with van der Waals surface area (Å²) in [5.74, 6) is -0.384. The maximum Gasteiger partial charge on any atom is 0.240 e. The van der Waals surface area contributed by atoms with Gasteiger partial charge in [0.05, 0.1) is 6.61 Å². The molecule has 0 bridgehead atoms. The lowest BCUT2D eigenvalue weighted by atomic mass is 9.86. The molecule has 0 aliphatic carbocycles. The van der Waals surface area contributed by atoms with Gasteiger partial charge in [0.2, 0.25) is 5.91 Å². The molecule has 1 heterocycles. The van der Waals surface area contributed by atoms with E-state index in [0.29, 0.717) is 19.6 Å². The molecule has 1 amide bonds. The first kappa shape index (κ1) is 10.4. The van der Waals surface area contributed by atoms with E-state index in [1.165, 1.54) is 0 Å². The first-order valence-electron chi connectivity index (χ1n) is 4.26. The van der Waals surface area contributed by atoms with E-state index in [2.05, 4.69) is 5.32 Å². The van der Waals surface area contributed by atoms with Gasteiger partial charge in [-0.15, -0.1) is 0 Å². The number of nitrogens with two attached hydrogens (primary N) is 1. The predicted octanol–water partition coefficient (Wildman–Crippen LogP) is -1.13. The first-order valence-corrected chi connectivity index (χ1v) is 4.26. The molecule has 1 aliphatic rings. The third kappa shape index (κ3) is 1.67. The average molecular weight is 188 g/mol. The molecule has 5 nitrogen and oxygen atoms in total. The Kier molecular flexibility index (Phi) is 3.24. The molecule has 0 aromatic rings. The van der Waals surface area contributed by atoms with E-state index in [-0.39, 0.29) is 12.0 Å². The minimum Gasteiger partial charge on any atom is -0.379 e. The average Bonchev–Trinajstić information content (AvgIpc) is 2.17. The van der Waals surface area contributed by atoms with E-state index < -0.39 is 5.54 Å². The van der Waals surface area contributed by atoms with Crippen LogP contribution in [0.5, 0.6) is 0 Å². The lowest BCUT2D eigenvalue weighted by Crippen LogP contribution is -2.65. The molecular weight excluding hydrogens is 172 g/mol. The summed E-state index contributed by atoms with van der Waals surface area (Å²) in [5, 5.41) is 2.94. The van der Waals surface area contributed by atoms with Gasteiger partial charge >= 0.3 is 0 Å². The largest absolute Gasteiger partial charge is 0.379 e. The minimum atomic E-state index is -0.771. The number of rotatable bonds is 3. The second kappa shape index (κ2) is 4.04. The maximum atomic E-state index is 11.3. The molecule has 0 aromatic heterocycles. The van der Waals surface area contributed by atoms with Crippen LogP contribution in [0, 0.1) is 0 Å². The van der Waals surface area contributed by atoms with Crippen LogP contribution >= 0.6 is 0 Å². The summed E-state index contributed by atoms with van der Waals surface area (Å²) in [7, 11) is 3.26. The van der Waals surface area contributed by atoms with Crippen molar-refractivity contribution < 1.29 is 14.3 Å². The van der Waals surface area contributed by atoms with Gasteiger partial charge in [-0.2, -0.15) is 0 Å². The Morgan fingerprint density at radius 1 is 1.77 bits per heavy atom. The molecule has 2 atom stereocenters. The van der Waals surface area contributed by atoms with Crippen molar-refractivity contribution >= 4 is 5.91 Å². The van der Waals surface area contributed by atoms with E-state index in [1.807, 2.05) is 0 Å². The van der Waals surface area contributed by atoms with Crippen molar-refractivity contribution in [2.75, 3.05) is 27.4 Å². The molecule has 1 fully saturated rings. The highest BCUT2D eigenvalue weighted by Gasteiger charge is 2.45. The van der Waals surface area contributed by atoms with Gasteiger partial charge in [-0.05, 0) is 7.05 Å². The van der Waals surface area contributed by atoms with E-state index in [4.69, 9.17) is 15.2 Å². The number of carbonyl (C=O) groups excluding carboxylic acids is 1. The Labute approximate surface area is 77.6 Å². The number of amides is 1. The Morgan fingerprint density at radius 3 is 2.85 bits per heavy atom. The highest BCUT2D eigenvalue weighted by molar-refractivity contribution is 5.85. The van der Waals surface area contributed by atoms with Crippen LogP contribution in [0.1, 0.15) is 6.42 Å². The number of methoxy groups -OCH3 is 1. The molecule has 5 heteroatoms. The number of hydrogen-bond donors (Lipinski definition) is 2. The van der Waals surface area contributed by atoms with Crippen molar-refractivity contribution in [2.24, 2.45) is 5.73 Å². The summed E-state index contributed by atoms with van der Waals surface area (Å²) < 4.78 is 10.4. The SMILES string of the molecule is CNC1(C(N)=O)CCOCC1OC. The molecule has 13 heavy (non-hydrogen) atoms. The van der Waals surface area contributed by atoms with Crippen LogP contribution in [-0.2, 0) is 14.3 Å². The van der Waals surface area contributed by atoms with Crippen LogP contribution < -0.4 is 11.1 Å². The molecule has 0 radical (unpaired) electrons. The van der Waals surface area contributed by atoms with E-state index in [9.17, 15) is 4.79 Å². The van der Waals surface area contributed by atoms with Crippen molar-refractivity contribution in [3.05, 3.63) is 0 Å². The summed E-state index contributed by atoms with van der Waals surface area (Å²) in [6.45, 7) is 0.934. The minimum absolute atomic E-state index is 0.302. The van der Waals surface area contributed by atoms with Gasteiger partial charge < -0.3 is 20.5 Å². The second-order valence-electron chi connectivity index (χ2n) is 3.13. The standard InChI is InChI=1S/C8H16N2O3/c1-10-8(7(9)11)3-4-13-5-6(8)12-2/h6,10H,3-5H2,1-2H3,(H2,9,11). The number of carbonyl (C=O) groups is 1. The van der Waals surface area contributed by atoms with Gasteiger partial charge in [0.25, 0.3) is 0 Å². The topological polar surface area (TPSA) is 73.6 Å². The van der Waals surface area contributed by atoms with Gasteiger partial charge in [-0.3, -0.25) is 4.79 Å². The number of likely N-dealkylation sites (N-methyl/N-ethyl adjacent to an activating group) is 1. The monoisotopic (exact) mass is 188 g/mol. The summed E-state index contributed by atoms with van der Waals surface area (Å²) in [6, 6.07) is 0. The van der Waals surface area contributed by atoms with Gasteiger partial charge in [0.1, 0.15) is 11.6 Å². The van der Waals surface area contributed by atoms with Crippen LogP contribution in [0.25, 0.3) is 0 Å². The molecular formula is C8H16N2O3. The highest BCUT2D eigenvalue weighted by Crippen LogP contribution is 2.22. The van der Waals surface area contributed by atoms with Gasteiger partial charge in [0.15, 0.2) is 0 Å². The van der Waals surface area contributed by atoms with E-state index >= 15 is 0 Å². The molecule has 1 aliphatic heterocycles. The Balaban J connectivity index is 2.84. The fraction of sp³-hybridized carbons (Fsp3) is 0.875. The lowest BCUT2D eigenvalue weighted by Gasteiger charge is -2.40. The van der Waals surface area contributed by atoms with Crippen molar-refractivity contribution in [1.82, 2.24) is 5.32 Å². The number of ether oxygens (including phenoxy) is 2. The van der Waals surface area contributed by atoms with Crippen molar-refractivity contribution in [1.29, 1.82) is 0 Å². The van der Waals surface area contributed by atoms with Crippen LogP contribution in [-0.4, -0.2) is 44.9 Å². The summed E-state index contributed by atoms with van der Waals surface area (Å²) >= 11 is 0. The van der Waals surface area contributed by atoms with Crippen molar-refractivity contribution in [3.8, 4) is 0 Å². The molecule has 0 aromatic carbocycles. The van der Waals surface area contributed by atoms with Gasteiger partial charge in [-0.1, -0.05) is 0 Å². The van der Waals surface area contributed by atoms with Crippen molar-refractivity contribution in [3.63, 3.8) is 0 Å². The van der Waals surface area contributed by atoms with Crippen LogP contribution in [0.2, 0.25) is 0 Å². The molecule has 0 saturated carbocycles. The number of nitrogens with one attached hydrogen (secondary N) is 1. The molecule has 1 rings (SSSR count). The maximum absolute atomic E-state index is 11.3. The smallest absolute Gasteiger partial charge is 0.240 e. The number of primary amides is 1. The Hall–Kier alpha value is -0.650. The van der Waals surface area contributed by atoms with Gasteiger partial charge in [0, 0.05) is 20.1 Å². The predicted molar refractivity (Wildman–Crippen MR) is 47.2 cm³/mol. The number of hydrogen-bond acceptors (Lipinski definition) is 4. The summed E-state index contributed by atoms with van der Waals surface area (Å²) in [6.07, 6.45) is 0.251. The molecule has 1 saturated heterocycles. The van der Waals surface area contributed by atoms with Crippen LogP contribution in [0.15, 0.2) is 0 Å². The first-order chi connectivity index (χ1) is 6.17. The zero-order valence-electron chi connectivity index (χ0n) is 8.00. The highest BCUT2D eigenvalue weighted by atomic mass is 16.5. The Morgan fingerprint density at radius 2 is 2.46 bits per heavy atom. The van der Waals surface area contributed by atoms with Crippen molar-refractivity contribution in [2.45, 2.75) is 18.1 Å². The molecule has 3 N–H and O–H groups in total. The molecule has 0 spiro atoms. The third-order valence-corrected chi connectivity index (χ3v) is 2.63. The molecule has 2 unspecified atom stereocenters. The fourth-order valence-electron chi connectivity index (χ4n) is 1.69. The summed E-state index contributed by atoms with van der Waals surface area (Å²) in [5.41, 5.74) is 4.57. The Bertz CT molecular complexity index is 198. The lowest BCUT2D eigenvalue weighted by molar-refractivity contribution is -0.142.